The second-order valence-electron chi connectivity index (χ2n) is 2.23. The number of nitrogens with zero attached hydrogens (tertiary/aromatic N) is 1. The molecule has 66 valence electrons. The summed E-state index contributed by atoms with van der Waals surface area (Å²) in [4.78, 5) is 13.6. The Hall–Kier alpha value is -1.67. The first-order valence-electron chi connectivity index (χ1n) is 3.40. The van der Waals surface area contributed by atoms with Crippen LogP contribution in [0.2, 0.25) is 0 Å². The van der Waals surface area contributed by atoms with Gasteiger partial charge >= 0.3 is 5.97 Å². The van der Waals surface area contributed by atoms with Gasteiger partial charge in [-0.15, -0.1) is 0 Å². The summed E-state index contributed by atoms with van der Waals surface area (Å²) in [7, 11) is 1.28. The molecule has 0 atom stereocenters. The molecule has 0 bridgehead atoms. The second kappa shape index (κ2) is 3.83. The Bertz CT molecular complexity index is 431. The maximum Gasteiger partial charge on any atom is 0.354 e. The molecule has 0 radical (unpaired) electrons. The fourth-order valence-corrected chi connectivity index (χ4v) is 1.01. The third kappa shape index (κ3) is 1.92. The average Bonchev–Trinajstić information content (AvgIpc) is 2.16. The smallest absolute Gasteiger partial charge is 0.354 e. The number of nitrogens with one attached hydrogen (secondary N) is 1. The highest BCUT2D eigenvalue weighted by Gasteiger charge is 2.05. The normalized spacial score (nSPS) is 8.92. The number of esters is 1. The summed E-state index contributed by atoms with van der Waals surface area (Å²) in [5.74, 6) is -0.504. The molecule has 0 unspecified atom stereocenters. The summed E-state index contributed by atoms with van der Waals surface area (Å²) >= 11 is 4.86. The predicted molar refractivity (Wildman–Crippen MR) is 47.7 cm³/mol. The number of nitriles is 1. The highest BCUT2D eigenvalue weighted by atomic mass is 32.1. The van der Waals surface area contributed by atoms with Gasteiger partial charge in [0.15, 0.2) is 0 Å². The zero-order chi connectivity index (χ0) is 9.84. The van der Waals surface area contributed by atoms with Gasteiger partial charge in [0.2, 0.25) is 0 Å². The Balaban J connectivity index is 3.20. The number of carbonyl (C=O) groups is 1. The topological polar surface area (TPSA) is 65.9 Å². The predicted octanol–water partition coefficient (Wildman–Crippen LogP) is 1.40. The van der Waals surface area contributed by atoms with E-state index in [1.165, 1.54) is 19.4 Å². The van der Waals surface area contributed by atoms with Gasteiger partial charge in [-0.25, -0.2) is 4.79 Å². The summed E-state index contributed by atoms with van der Waals surface area (Å²) in [6.45, 7) is 0. The minimum atomic E-state index is -0.504. The fraction of sp³-hybridized carbons (Fsp3) is 0.125. The van der Waals surface area contributed by atoms with Crippen LogP contribution < -0.4 is 0 Å². The molecule has 0 saturated heterocycles. The van der Waals surface area contributed by atoms with Gasteiger partial charge in [0.25, 0.3) is 0 Å². The molecule has 0 aromatic carbocycles. The van der Waals surface area contributed by atoms with Crippen LogP contribution in [0.15, 0.2) is 12.3 Å². The third-order valence-corrected chi connectivity index (χ3v) is 1.78. The third-order valence-electron chi connectivity index (χ3n) is 1.44. The quantitative estimate of drug-likeness (QED) is 0.542. The maximum absolute atomic E-state index is 11.0. The number of pyridine rings is 1. The Morgan fingerprint density at radius 1 is 1.77 bits per heavy atom. The second-order valence-corrected chi connectivity index (χ2v) is 2.67. The van der Waals surface area contributed by atoms with Crippen LogP contribution >= 0.6 is 12.2 Å². The molecule has 0 saturated carbocycles. The van der Waals surface area contributed by atoms with Gasteiger partial charge in [0.05, 0.1) is 17.2 Å². The highest BCUT2D eigenvalue weighted by Crippen LogP contribution is 2.03. The molecule has 4 nitrogen and oxygen atoms in total. The molecule has 0 aliphatic heterocycles. The highest BCUT2D eigenvalue weighted by molar-refractivity contribution is 7.71. The summed E-state index contributed by atoms with van der Waals surface area (Å²) in [6.07, 6.45) is 1.38. The van der Waals surface area contributed by atoms with Crippen LogP contribution in [-0.2, 0) is 4.74 Å². The lowest BCUT2D eigenvalue weighted by molar-refractivity contribution is 0.0594. The van der Waals surface area contributed by atoms with Gasteiger partial charge in [0.1, 0.15) is 11.8 Å². The molecular weight excluding hydrogens is 188 g/mol. The molecular formula is C8H6N2O2S. The Labute approximate surface area is 79.8 Å². The number of hydrogen-bond donors (Lipinski definition) is 1. The van der Waals surface area contributed by atoms with Crippen LogP contribution in [0.5, 0.6) is 0 Å². The fourth-order valence-electron chi connectivity index (χ4n) is 0.787. The summed E-state index contributed by atoms with van der Waals surface area (Å²) in [6, 6.07) is 3.29. The maximum atomic E-state index is 11.0. The molecule has 0 amide bonds. The van der Waals surface area contributed by atoms with Crippen molar-refractivity contribution in [3.8, 4) is 6.07 Å². The van der Waals surface area contributed by atoms with E-state index >= 15 is 0 Å². The zero-order valence-corrected chi connectivity index (χ0v) is 7.64. The van der Waals surface area contributed by atoms with Crippen LogP contribution in [0.1, 0.15) is 16.1 Å². The van der Waals surface area contributed by atoms with E-state index in [9.17, 15) is 4.79 Å². The Kier molecular flexibility index (Phi) is 2.77. The molecule has 0 fully saturated rings. The van der Waals surface area contributed by atoms with Crippen LogP contribution in [0.3, 0.4) is 0 Å². The van der Waals surface area contributed by atoms with Gasteiger partial charge in [-0.1, -0.05) is 12.2 Å². The molecule has 0 aliphatic rings. The van der Waals surface area contributed by atoms with E-state index in [0.29, 0.717) is 10.1 Å². The molecule has 1 aromatic heterocycles. The molecule has 0 spiro atoms. The van der Waals surface area contributed by atoms with Gasteiger partial charge in [-0.3, -0.25) is 0 Å². The number of H-pyrrole nitrogens is 1. The molecule has 0 aliphatic carbocycles. The van der Waals surface area contributed by atoms with E-state index in [-0.39, 0.29) is 5.69 Å². The van der Waals surface area contributed by atoms with Crippen LogP contribution in [0, 0.1) is 15.8 Å². The van der Waals surface area contributed by atoms with Crippen LogP contribution in [-0.4, -0.2) is 18.1 Å². The number of methoxy groups -OCH3 is 1. The minimum Gasteiger partial charge on any atom is -0.464 e. The number of rotatable bonds is 1. The van der Waals surface area contributed by atoms with Gasteiger partial charge in [-0.05, 0) is 6.07 Å². The van der Waals surface area contributed by atoms with Crippen LogP contribution in [0.25, 0.3) is 0 Å². The Morgan fingerprint density at radius 3 is 2.92 bits per heavy atom. The van der Waals surface area contributed by atoms with Crippen molar-refractivity contribution >= 4 is 18.2 Å². The summed E-state index contributed by atoms with van der Waals surface area (Å²) in [5, 5.41) is 8.55. The van der Waals surface area contributed by atoms with Crippen molar-refractivity contribution in [2.24, 2.45) is 0 Å². The number of hydrogen-bond acceptors (Lipinski definition) is 4. The first-order chi connectivity index (χ1) is 6.19. The number of aromatic amines is 1. The lowest BCUT2D eigenvalue weighted by atomic mass is 10.3. The van der Waals surface area contributed by atoms with E-state index in [1.54, 1.807) is 0 Å². The van der Waals surface area contributed by atoms with Gasteiger partial charge in [-0.2, -0.15) is 5.26 Å². The van der Waals surface area contributed by atoms with Crippen molar-refractivity contribution in [3.05, 3.63) is 28.0 Å². The van der Waals surface area contributed by atoms with Crippen molar-refractivity contribution < 1.29 is 9.53 Å². The van der Waals surface area contributed by atoms with Crippen molar-refractivity contribution in [2.75, 3.05) is 7.11 Å². The first-order valence-corrected chi connectivity index (χ1v) is 3.81. The average molecular weight is 194 g/mol. The number of carbonyl (C=O) groups excluding carboxylic acids is 1. The van der Waals surface area contributed by atoms with E-state index < -0.39 is 5.97 Å². The molecule has 1 heterocycles. The molecule has 1 N–H and O–H groups in total. The van der Waals surface area contributed by atoms with Gasteiger partial charge < -0.3 is 9.72 Å². The standard InChI is InChI=1S/C8H6N2O2S/c1-12-8(11)6-2-7(13)5(3-9)4-10-6/h2,4H,1H3,(H,10,13). The SMILES string of the molecule is COC(=O)c1cc(=S)c(C#N)c[nH]1. The Morgan fingerprint density at radius 2 is 2.46 bits per heavy atom. The summed E-state index contributed by atoms with van der Waals surface area (Å²) < 4.78 is 4.80. The molecule has 13 heavy (non-hydrogen) atoms. The molecule has 5 heteroatoms. The molecule has 1 aromatic rings. The summed E-state index contributed by atoms with van der Waals surface area (Å²) in [5.41, 5.74) is 0.578. The largest absolute Gasteiger partial charge is 0.464 e. The van der Waals surface area contributed by atoms with Crippen molar-refractivity contribution in [1.82, 2.24) is 4.98 Å². The van der Waals surface area contributed by atoms with E-state index in [4.69, 9.17) is 17.5 Å². The van der Waals surface area contributed by atoms with Crippen molar-refractivity contribution in [2.45, 2.75) is 0 Å². The minimum absolute atomic E-state index is 0.242. The first kappa shape index (κ1) is 9.42. The van der Waals surface area contributed by atoms with E-state index in [1.807, 2.05) is 6.07 Å². The van der Waals surface area contributed by atoms with Crippen molar-refractivity contribution in [1.29, 1.82) is 5.26 Å². The molecule has 1 rings (SSSR count). The van der Waals surface area contributed by atoms with E-state index in [2.05, 4.69) is 9.72 Å². The van der Waals surface area contributed by atoms with Crippen LogP contribution in [0.4, 0.5) is 0 Å². The van der Waals surface area contributed by atoms with E-state index in [0.717, 1.165) is 0 Å². The monoisotopic (exact) mass is 194 g/mol. The van der Waals surface area contributed by atoms with Gasteiger partial charge in [0, 0.05) is 6.20 Å². The lowest BCUT2D eigenvalue weighted by Gasteiger charge is -1.98. The number of aromatic nitrogens is 1. The zero-order valence-electron chi connectivity index (χ0n) is 6.83. The number of ether oxygens (including phenoxy) is 1. The lowest BCUT2D eigenvalue weighted by Crippen LogP contribution is -2.04. The van der Waals surface area contributed by atoms with Crippen molar-refractivity contribution in [3.63, 3.8) is 0 Å².